The minimum absolute atomic E-state index is 0.219. The highest BCUT2D eigenvalue weighted by atomic mass is 19.1. The van der Waals surface area contributed by atoms with Gasteiger partial charge in [0.1, 0.15) is 12.4 Å². The highest BCUT2D eigenvalue weighted by Gasteiger charge is 2.10. The second-order valence-electron chi connectivity index (χ2n) is 4.82. The van der Waals surface area contributed by atoms with E-state index in [1.54, 1.807) is 24.3 Å². The number of rotatable bonds is 4. The lowest BCUT2D eigenvalue weighted by Gasteiger charge is -2.06. The lowest BCUT2D eigenvalue weighted by Crippen LogP contribution is -1.97. The van der Waals surface area contributed by atoms with Crippen LogP contribution in [-0.4, -0.2) is 4.57 Å². The van der Waals surface area contributed by atoms with E-state index in [0.29, 0.717) is 0 Å². The molecule has 0 unspecified atom stereocenters. The van der Waals surface area contributed by atoms with Gasteiger partial charge in [0.15, 0.2) is 11.6 Å². The van der Waals surface area contributed by atoms with Crippen LogP contribution in [0.1, 0.15) is 12.5 Å². The van der Waals surface area contributed by atoms with Crippen molar-refractivity contribution in [1.82, 2.24) is 4.57 Å². The quantitative estimate of drug-likeness (QED) is 0.688. The molecule has 0 fully saturated rings. The Balaban J connectivity index is 1.92. The topological polar surface area (TPSA) is 14.2 Å². The summed E-state index contributed by atoms with van der Waals surface area (Å²) in [7, 11) is 0. The van der Waals surface area contributed by atoms with Gasteiger partial charge in [-0.3, -0.25) is 0 Å². The minimum Gasteiger partial charge on any atom is -0.486 e. The van der Waals surface area contributed by atoms with Crippen LogP contribution in [0.3, 0.4) is 0 Å². The molecule has 2 nitrogen and oxygen atoms in total. The zero-order chi connectivity index (χ0) is 14.8. The summed E-state index contributed by atoms with van der Waals surface area (Å²) in [4.78, 5) is 0. The molecule has 0 aliphatic carbocycles. The fourth-order valence-corrected chi connectivity index (χ4v) is 2.44. The molecule has 0 aliphatic rings. The van der Waals surface area contributed by atoms with Crippen LogP contribution in [0.5, 0.6) is 5.75 Å². The van der Waals surface area contributed by atoms with Gasteiger partial charge in [0.25, 0.3) is 0 Å². The lowest BCUT2D eigenvalue weighted by molar-refractivity contribution is 0.291. The Labute approximate surface area is 121 Å². The molecule has 0 saturated carbocycles. The Kier molecular flexibility index (Phi) is 3.60. The van der Waals surface area contributed by atoms with Gasteiger partial charge in [-0.05, 0) is 37.3 Å². The molecule has 3 rings (SSSR count). The number of hydrogen-bond acceptors (Lipinski definition) is 1. The number of nitrogens with zero attached hydrogens (tertiary/aromatic N) is 1. The number of para-hydroxylation sites is 1. The van der Waals surface area contributed by atoms with Gasteiger partial charge in [0.2, 0.25) is 0 Å². The molecule has 4 heteroatoms. The van der Waals surface area contributed by atoms with Gasteiger partial charge in [-0.1, -0.05) is 12.1 Å². The molecule has 3 aromatic rings. The van der Waals surface area contributed by atoms with Crippen molar-refractivity contribution in [3.05, 3.63) is 65.9 Å². The number of hydrogen-bond donors (Lipinski definition) is 0. The zero-order valence-electron chi connectivity index (χ0n) is 11.6. The number of benzene rings is 2. The highest BCUT2D eigenvalue weighted by Crippen LogP contribution is 2.25. The number of fused-ring (bicyclic) bond motifs is 1. The summed E-state index contributed by atoms with van der Waals surface area (Å²) in [5, 5.41) is 0.926. The summed E-state index contributed by atoms with van der Waals surface area (Å²) in [5.41, 5.74) is 1.74. The molecule has 0 saturated heterocycles. The van der Waals surface area contributed by atoms with Crippen LogP contribution in [0.2, 0.25) is 0 Å². The minimum atomic E-state index is -0.386. The maximum absolute atomic E-state index is 13.6. The van der Waals surface area contributed by atoms with E-state index in [2.05, 4.69) is 0 Å². The molecule has 2 aromatic carbocycles. The molecule has 1 aromatic heterocycles. The summed E-state index contributed by atoms with van der Waals surface area (Å²) >= 11 is 0. The average Bonchev–Trinajstić information content (AvgIpc) is 2.83. The highest BCUT2D eigenvalue weighted by molar-refractivity contribution is 5.84. The van der Waals surface area contributed by atoms with Crippen molar-refractivity contribution in [2.24, 2.45) is 0 Å². The van der Waals surface area contributed by atoms with Crippen LogP contribution in [0, 0.1) is 11.6 Å². The molecule has 0 aliphatic heterocycles. The third-order valence-electron chi connectivity index (χ3n) is 3.49. The summed E-state index contributed by atoms with van der Waals surface area (Å²) < 4.78 is 34.4. The van der Waals surface area contributed by atoms with Crippen molar-refractivity contribution in [3.8, 4) is 5.75 Å². The Morgan fingerprint density at radius 1 is 1.10 bits per heavy atom. The summed E-state index contributed by atoms with van der Waals surface area (Å²) in [6.07, 6.45) is 1.92. The first-order chi connectivity index (χ1) is 10.2. The summed E-state index contributed by atoms with van der Waals surface area (Å²) in [6, 6.07) is 11.0. The first-order valence-corrected chi connectivity index (χ1v) is 6.83. The zero-order valence-corrected chi connectivity index (χ0v) is 11.6. The van der Waals surface area contributed by atoms with Crippen LogP contribution in [0.25, 0.3) is 10.9 Å². The van der Waals surface area contributed by atoms with Gasteiger partial charge in [0, 0.05) is 23.7 Å². The molecular formula is C17H15F2NO. The standard InChI is InChI=1S/C17H15F2NO/c1-2-20-10-12(14-8-7-13(18)9-16(14)20)11-21-17-6-4-3-5-15(17)19/h3-10H,2,11H2,1H3. The molecule has 0 N–H and O–H groups in total. The second-order valence-corrected chi connectivity index (χ2v) is 4.82. The third kappa shape index (κ3) is 2.61. The van der Waals surface area contributed by atoms with Gasteiger partial charge in [0.05, 0.1) is 5.52 Å². The Morgan fingerprint density at radius 2 is 1.90 bits per heavy atom. The van der Waals surface area contributed by atoms with Crippen molar-refractivity contribution < 1.29 is 13.5 Å². The molecule has 0 radical (unpaired) electrons. The van der Waals surface area contributed by atoms with Gasteiger partial charge in [-0.2, -0.15) is 0 Å². The Bertz CT molecular complexity index is 780. The van der Waals surface area contributed by atoms with Crippen molar-refractivity contribution >= 4 is 10.9 Å². The molecule has 0 amide bonds. The predicted octanol–water partition coefficient (Wildman–Crippen LogP) is 4.52. The molecule has 21 heavy (non-hydrogen) atoms. The smallest absolute Gasteiger partial charge is 0.165 e. The van der Waals surface area contributed by atoms with E-state index in [0.717, 1.165) is 23.0 Å². The van der Waals surface area contributed by atoms with Crippen molar-refractivity contribution in [3.63, 3.8) is 0 Å². The summed E-state index contributed by atoms with van der Waals surface area (Å²) in [5.74, 6) is -0.434. The van der Waals surface area contributed by atoms with Crippen LogP contribution >= 0.6 is 0 Å². The molecular weight excluding hydrogens is 272 g/mol. The molecule has 108 valence electrons. The van der Waals surface area contributed by atoms with E-state index < -0.39 is 0 Å². The van der Waals surface area contributed by atoms with E-state index in [1.165, 1.54) is 18.2 Å². The van der Waals surface area contributed by atoms with Crippen LogP contribution in [0.4, 0.5) is 8.78 Å². The molecule has 0 bridgehead atoms. The van der Waals surface area contributed by atoms with E-state index in [9.17, 15) is 8.78 Å². The Hall–Kier alpha value is -2.36. The molecule has 1 heterocycles. The van der Waals surface area contributed by atoms with Gasteiger partial charge >= 0.3 is 0 Å². The molecule has 0 atom stereocenters. The normalized spacial score (nSPS) is 11.0. The van der Waals surface area contributed by atoms with Crippen molar-refractivity contribution in [2.75, 3.05) is 0 Å². The lowest BCUT2D eigenvalue weighted by atomic mass is 10.2. The fourth-order valence-electron chi connectivity index (χ4n) is 2.44. The maximum Gasteiger partial charge on any atom is 0.165 e. The monoisotopic (exact) mass is 287 g/mol. The SMILES string of the molecule is CCn1cc(COc2ccccc2F)c2ccc(F)cc21. The van der Waals surface area contributed by atoms with Crippen LogP contribution in [0.15, 0.2) is 48.7 Å². The fraction of sp³-hybridized carbons (Fsp3) is 0.176. The molecule has 0 spiro atoms. The summed E-state index contributed by atoms with van der Waals surface area (Å²) in [6.45, 7) is 2.97. The average molecular weight is 287 g/mol. The predicted molar refractivity (Wildman–Crippen MR) is 78.3 cm³/mol. The van der Waals surface area contributed by atoms with Gasteiger partial charge in [-0.15, -0.1) is 0 Å². The van der Waals surface area contributed by atoms with E-state index >= 15 is 0 Å². The first-order valence-electron chi connectivity index (χ1n) is 6.83. The van der Waals surface area contributed by atoms with Crippen molar-refractivity contribution in [2.45, 2.75) is 20.1 Å². The number of aromatic nitrogens is 1. The number of aryl methyl sites for hydroxylation is 1. The second kappa shape index (κ2) is 5.56. The van der Waals surface area contributed by atoms with Crippen LogP contribution in [-0.2, 0) is 13.2 Å². The van der Waals surface area contributed by atoms with Gasteiger partial charge in [-0.25, -0.2) is 8.78 Å². The number of ether oxygens (including phenoxy) is 1. The largest absolute Gasteiger partial charge is 0.486 e. The van der Waals surface area contributed by atoms with E-state index in [-0.39, 0.29) is 24.0 Å². The Morgan fingerprint density at radius 3 is 2.67 bits per heavy atom. The number of halogens is 2. The van der Waals surface area contributed by atoms with Crippen LogP contribution < -0.4 is 4.74 Å². The van der Waals surface area contributed by atoms with Crippen molar-refractivity contribution in [1.29, 1.82) is 0 Å². The third-order valence-corrected chi connectivity index (χ3v) is 3.49. The first kappa shape index (κ1) is 13.6. The van der Waals surface area contributed by atoms with Gasteiger partial charge < -0.3 is 9.30 Å². The maximum atomic E-state index is 13.6. The van der Waals surface area contributed by atoms with E-state index in [4.69, 9.17) is 4.74 Å². The van der Waals surface area contributed by atoms with E-state index in [1.807, 2.05) is 17.7 Å².